The Bertz CT molecular complexity index is 919. The smallest absolute Gasteiger partial charge is 0.253 e. The Morgan fingerprint density at radius 2 is 1.97 bits per heavy atom. The summed E-state index contributed by atoms with van der Waals surface area (Å²) in [6.45, 7) is 2.45. The van der Waals surface area contributed by atoms with Crippen LogP contribution in [0.1, 0.15) is 35.7 Å². The maximum atomic E-state index is 12.7. The van der Waals surface area contributed by atoms with Gasteiger partial charge in [-0.05, 0) is 31.4 Å². The van der Waals surface area contributed by atoms with E-state index < -0.39 is 0 Å². The van der Waals surface area contributed by atoms with E-state index in [9.17, 15) is 9.59 Å². The highest BCUT2D eigenvalue weighted by atomic mass is 16.2. The summed E-state index contributed by atoms with van der Waals surface area (Å²) in [5.41, 5.74) is 0.703. The van der Waals surface area contributed by atoms with Gasteiger partial charge in [0.15, 0.2) is 12.0 Å². The standard InChI is InChI=1S/C21H24N6O2/c22-14-25-10-8-17(11-25)20(28)24-19-13-27(15-23-19)18-7-4-9-26(12-18)21(29)16-5-2-1-3-6-16/h1-3,5-6,13,15,17-18H,4,7-12H2,(H,24,28). The van der Waals surface area contributed by atoms with Crippen molar-refractivity contribution in [3.63, 3.8) is 0 Å². The third-order valence-electron chi connectivity index (χ3n) is 5.68. The van der Waals surface area contributed by atoms with Crippen LogP contribution in [-0.4, -0.2) is 57.3 Å². The number of nitrogens with zero attached hydrogens (tertiary/aromatic N) is 5. The molecule has 2 amide bonds. The molecule has 2 fully saturated rings. The molecule has 8 nitrogen and oxygen atoms in total. The van der Waals surface area contributed by atoms with Crippen LogP contribution in [0.2, 0.25) is 0 Å². The number of imidazole rings is 1. The lowest BCUT2D eigenvalue weighted by Gasteiger charge is -2.33. The largest absolute Gasteiger partial charge is 0.337 e. The number of nitrogens with one attached hydrogen (secondary N) is 1. The number of rotatable bonds is 4. The minimum atomic E-state index is -0.187. The van der Waals surface area contributed by atoms with Gasteiger partial charge in [-0.15, -0.1) is 0 Å². The molecule has 0 saturated carbocycles. The molecule has 2 aromatic rings. The number of likely N-dealkylation sites (tertiary alicyclic amines) is 2. The molecule has 0 spiro atoms. The van der Waals surface area contributed by atoms with Crippen molar-refractivity contribution in [2.45, 2.75) is 25.3 Å². The summed E-state index contributed by atoms with van der Waals surface area (Å²) < 4.78 is 1.98. The minimum Gasteiger partial charge on any atom is -0.337 e. The van der Waals surface area contributed by atoms with Crippen LogP contribution in [0.3, 0.4) is 0 Å². The molecule has 2 unspecified atom stereocenters. The summed E-state index contributed by atoms with van der Waals surface area (Å²) in [4.78, 5) is 33.0. The average molecular weight is 392 g/mol. The lowest BCUT2D eigenvalue weighted by Crippen LogP contribution is -2.40. The predicted molar refractivity (Wildman–Crippen MR) is 107 cm³/mol. The summed E-state index contributed by atoms with van der Waals surface area (Å²) in [6, 6.07) is 9.47. The van der Waals surface area contributed by atoms with E-state index in [0.29, 0.717) is 37.4 Å². The first-order chi connectivity index (χ1) is 14.1. The Morgan fingerprint density at radius 1 is 1.14 bits per heavy atom. The molecule has 0 bridgehead atoms. The molecule has 2 aliphatic heterocycles. The first-order valence-electron chi connectivity index (χ1n) is 9.97. The Balaban J connectivity index is 1.37. The molecule has 1 N–H and O–H groups in total. The maximum absolute atomic E-state index is 12.7. The van der Waals surface area contributed by atoms with Gasteiger partial charge in [-0.1, -0.05) is 18.2 Å². The second-order valence-electron chi connectivity index (χ2n) is 7.64. The molecular formula is C21H24N6O2. The van der Waals surface area contributed by atoms with Crippen molar-refractivity contribution in [3.05, 3.63) is 48.4 Å². The normalized spacial score (nSPS) is 21.6. The van der Waals surface area contributed by atoms with E-state index >= 15 is 0 Å². The minimum absolute atomic E-state index is 0.0484. The topological polar surface area (TPSA) is 94.3 Å². The zero-order chi connectivity index (χ0) is 20.2. The van der Waals surface area contributed by atoms with E-state index in [0.717, 1.165) is 19.4 Å². The molecule has 2 saturated heterocycles. The molecule has 1 aromatic heterocycles. The van der Waals surface area contributed by atoms with Crippen LogP contribution < -0.4 is 5.32 Å². The predicted octanol–water partition coefficient (Wildman–Crippen LogP) is 2.10. The van der Waals surface area contributed by atoms with Gasteiger partial charge in [0.25, 0.3) is 5.91 Å². The van der Waals surface area contributed by atoms with Gasteiger partial charge in [0, 0.05) is 37.9 Å². The van der Waals surface area contributed by atoms with E-state index in [1.54, 1.807) is 11.2 Å². The fraction of sp³-hybridized carbons (Fsp3) is 0.429. The summed E-state index contributed by atoms with van der Waals surface area (Å²) >= 11 is 0. The van der Waals surface area contributed by atoms with Crippen molar-refractivity contribution in [3.8, 4) is 6.19 Å². The van der Waals surface area contributed by atoms with Crippen molar-refractivity contribution in [2.75, 3.05) is 31.5 Å². The summed E-state index contributed by atoms with van der Waals surface area (Å²) in [5, 5.41) is 11.8. The van der Waals surface area contributed by atoms with Gasteiger partial charge in [0.2, 0.25) is 5.91 Å². The number of hydrogen-bond donors (Lipinski definition) is 1. The Labute approximate surface area is 169 Å². The van der Waals surface area contributed by atoms with Gasteiger partial charge in [0.05, 0.1) is 18.3 Å². The second kappa shape index (κ2) is 8.35. The fourth-order valence-corrected chi connectivity index (χ4v) is 4.04. The van der Waals surface area contributed by atoms with Gasteiger partial charge < -0.3 is 19.7 Å². The lowest BCUT2D eigenvalue weighted by atomic mass is 10.0. The number of carbonyl (C=O) groups is 2. The molecule has 150 valence electrons. The third-order valence-corrected chi connectivity index (χ3v) is 5.68. The van der Waals surface area contributed by atoms with E-state index in [4.69, 9.17) is 5.26 Å². The SMILES string of the molecule is N#CN1CCC(C(=O)Nc2cn(C3CCCN(C(=O)c4ccccc4)C3)cn2)C1. The first-order valence-corrected chi connectivity index (χ1v) is 9.97. The number of nitriles is 1. The van der Waals surface area contributed by atoms with Crippen molar-refractivity contribution in [1.29, 1.82) is 5.26 Å². The summed E-state index contributed by atoms with van der Waals surface area (Å²) in [7, 11) is 0. The molecule has 1 aromatic carbocycles. The number of aromatic nitrogens is 2. The van der Waals surface area contributed by atoms with Crippen molar-refractivity contribution >= 4 is 17.6 Å². The van der Waals surface area contributed by atoms with E-state index in [2.05, 4.69) is 16.5 Å². The molecule has 2 aliphatic rings. The van der Waals surface area contributed by atoms with Gasteiger partial charge in [-0.2, -0.15) is 5.26 Å². The maximum Gasteiger partial charge on any atom is 0.253 e. The van der Waals surface area contributed by atoms with Crippen LogP contribution in [0.15, 0.2) is 42.9 Å². The van der Waals surface area contributed by atoms with Crippen molar-refractivity contribution in [2.24, 2.45) is 5.92 Å². The van der Waals surface area contributed by atoms with Gasteiger partial charge in [-0.3, -0.25) is 9.59 Å². The summed E-state index contributed by atoms with van der Waals surface area (Å²) in [5.74, 6) is 0.273. The highest BCUT2D eigenvalue weighted by Gasteiger charge is 2.29. The van der Waals surface area contributed by atoms with E-state index in [-0.39, 0.29) is 23.8 Å². The number of amides is 2. The van der Waals surface area contributed by atoms with Crippen LogP contribution in [0, 0.1) is 17.4 Å². The summed E-state index contributed by atoms with van der Waals surface area (Å²) in [6.07, 6.45) is 8.20. The second-order valence-corrected chi connectivity index (χ2v) is 7.64. The molecule has 2 atom stereocenters. The van der Waals surface area contributed by atoms with E-state index in [1.165, 1.54) is 0 Å². The van der Waals surface area contributed by atoms with Crippen molar-refractivity contribution in [1.82, 2.24) is 19.4 Å². The highest BCUT2D eigenvalue weighted by molar-refractivity contribution is 5.94. The van der Waals surface area contributed by atoms with E-state index in [1.807, 2.05) is 46.0 Å². The zero-order valence-electron chi connectivity index (χ0n) is 16.2. The molecular weight excluding hydrogens is 368 g/mol. The van der Waals surface area contributed by atoms with Crippen LogP contribution in [0.5, 0.6) is 0 Å². The van der Waals surface area contributed by atoms with Crippen LogP contribution in [-0.2, 0) is 4.79 Å². The molecule has 8 heteroatoms. The number of anilines is 1. The monoisotopic (exact) mass is 392 g/mol. The Hall–Kier alpha value is -3.34. The van der Waals surface area contributed by atoms with Crippen molar-refractivity contribution < 1.29 is 9.59 Å². The Morgan fingerprint density at radius 3 is 2.72 bits per heavy atom. The number of hydrogen-bond acceptors (Lipinski definition) is 5. The average Bonchev–Trinajstić information content (AvgIpc) is 3.43. The third kappa shape index (κ3) is 4.24. The first kappa shape index (κ1) is 19.0. The van der Waals surface area contributed by atoms with Gasteiger partial charge in [0.1, 0.15) is 0 Å². The molecule has 0 radical (unpaired) electrons. The lowest BCUT2D eigenvalue weighted by molar-refractivity contribution is -0.119. The Kier molecular flexibility index (Phi) is 5.47. The quantitative estimate of drug-likeness (QED) is 0.804. The highest BCUT2D eigenvalue weighted by Crippen LogP contribution is 2.24. The molecule has 0 aliphatic carbocycles. The van der Waals surface area contributed by atoms with Crippen LogP contribution in [0.4, 0.5) is 5.82 Å². The molecule has 3 heterocycles. The number of carbonyl (C=O) groups excluding carboxylic acids is 2. The number of benzene rings is 1. The van der Waals surface area contributed by atoms with Crippen LogP contribution >= 0.6 is 0 Å². The zero-order valence-corrected chi connectivity index (χ0v) is 16.2. The molecule has 4 rings (SSSR count). The molecule has 29 heavy (non-hydrogen) atoms. The van der Waals surface area contributed by atoms with Gasteiger partial charge >= 0.3 is 0 Å². The van der Waals surface area contributed by atoms with Crippen LogP contribution in [0.25, 0.3) is 0 Å². The fourth-order valence-electron chi connectivity index (χ4n) is 4.04. The van der Waals surface area contributed by atoms with Gasteiger partial charge in [-0.25, -0.2) is 4.98 Å². The number of piperidine rings is 1.